The van der Waals surface area contributed by atoms with Crippen molar-refractivity contribution in [1.82, 2.24) is 4.98 Å². The molecule has 0 amide bonds. The van der Waals surface area contributed by atoms with E-state index in [4.69, 9.17) is 19.9 Å². The fourth-order valence-electron chi connectivity index (χ4n) is 3.71. The topological polar surface area (TPSA) is 81.9 Å². The first-order valence-corrected chi connectivity index (χ1v) is 10.7. The molecule has 3 aliphatic rings. The first-order valence-electron chi connectivity index (χ1n) is 10.7. The lowest BCUT2D eigenvalue weighted by atomic mass is 9.99. The zero-order valence-corrected chi connectivity index (χ0v) is 18.3. The van der Waals surface area contributed by atoms with Crippen LogP contribution in [0.15, 0.2) is 52.3 Å². The summed E-state index contributed by atoms with van der Waals surface area (Å²) < 4.78 is 32.5. The first kappa shape index (κ1) is 21.4. The number of nitrogens with zero attached hydrogens (tertiary/aromatic N) is 1. The third-order valence-corrected chi connectivity index (χ3v) is 5.74. The van der Waals surface area contributed by atoms with Crippen LogP contribution in [0.5, 0.6) is 0 Å². The minimum Gasteiger partial charge on any atom is -0.497 e. The van der Waals surface area contributed by atoms with Crippen molar-refractivity contribution < 1.29 is 18.6 Å². The normalized spacial score (nSPS) is 25.6. The summed E-state index contributed by atoms with van der Waals surface area (Å²) in [5.74, 6) is 2.02. The van der Waals surface area contributed by atoms with Crippen LogP contribution in [0.25, 0.3) is 6.08 Å². The predicted molar refractivity (Wildman–Crippen MR) is 119 cm³/mol. The van der Waals surface area contributed by atoms with Gasteiger partial charge in [0.2, 0.25) is 0 Å². The summed E-state index contributed by atoms with van der Waals surface area (Å²) in [7, 11) is 1.63. The lowest BCUT2D eigenvalue weighted by molar-refractivity contribution is 0.0726. The van der Waals surface area contributed by atoms with Gasteiger partial charge < -0.3 is 24.9 Å². The summed E-state index contributed by atoms with van der Waals surface area (Å²) in [6.45, 7) is 4.36. The van der Waals surface area contributed by atoms with Crippen LogP contribution in [0, 0.1) is 6.92 Å². The van der Waals surface area contributed by atoms with Crippen molar-refractivity contribution in [3.63, 3.8) is 0 Å². The maximum Gasteiger partial charge on any atom is 0.167 e. The van der Waals surface area contributed by atoms with Crippen molar-refractivity contribution >= 4 is 12.3 Å². The van der Waals surface area contributed by atoms with Gasteiger partial charge in [-0.2, -0.15) is 0 Å². The number of aliphatic imine (C=N–C) groups is 1. The van der Waals surface area contributed by atoms with E-state index in [0.717, 1.165) is 35.7 Å². The molecule has 31 heavy (non-hydrogen) atoms. The van der Waals surface area contributed by atoms with E-state index in [1.165, 1.54) is 0 Å². The average molecular weight is 428 g/mol. The molecule has 1 fully saturated rings. The summed E-state index contributed by atoms with van der Waals surface area (Å²) in [6, 6.07) is 1.83. The molecule has 2 aliphatic carbocycles. The molecule has 0 bridgehead atoms. The summed E-state index contributed by atoms with van der Waals surface area (Å²) in [6.07, 6.45) is 10.1. The predicted octanol–water partition coefficient (Wildman–Crippen LogP) is 4.76. The molecule has 2 atom stereocenters. The molecule has 4 rings (SSSR count). The fourth-order valence-corrected chi connectivity index (χ4v) is 3.71. The second-order valence-corrected chi connectivity index (χ2v) is 8.38. The number of aromatic nitrogens is 1. The van der Waals surface area contributed by atoms with Crippen molar-refractivity contribution in [2.45, 2.75) is 57.3 Å². The van der Waals surface area contributed by atoms with E-state index in [0.29, 0.717) is 36.5 Å². The Balaban J connectivity index is 1.45. The van der Waals surface area contributed by atoms with Crippen molar-refractivity contribution in [2.24, 2.45) is 10.7 Å². The third kappa shape index (κ3) is 4.93. The van der Waals surface area contributed by atoms with Gasteiger partial charge in [0.25, 0.3) is 0 Å². The highest BCUT2D eigenvalue weighted by Gasteiger charge is 2.39. The third-order valence-electron chi connectivity index (χ3n) is 5.74. The van der Waals surface area contributed by atoms with E-state index < -0.39 is 12.3 Å². The Kier molecular flexibility index (Phi) is 6.05. The number of methoxy groups -OCH3 is 1. The molecular weight excluding hydrogens is 397 g/mol. The number of aryl methyl sites for hydroxylation is 1. The molecule has 2 heterocycles. The molecule has 6 nitrogen and oxygen atoms in total. The van der Waals surface area contributed by atoms with Crippen LogP contribution in [0.1, 0.15) is 55.7 Å². The number of fused-ring (bicyclic) bond motifs is 1. The Bertz CT molecular complexity index is 976. The molecular formula is C24H30FN3O3. The summed E-state index contributed by atoms with van der Waals surface area (Å²) in [4.78, 5) is 7.61. The van der Waals surface area contributed by atoms with Gasteiger partial charge in [0, 0.05) is 42.1 Å². The van der Waals surface area contributed by atoms with Gasteiger partial charge in [0.15, 0.2) is 18.0 Å². The number of H-pyrrole nitrogens is 1. The number of halogens is 1. The van der Waals surface area contributed by atoms with Gasteiger partial charge in [-0.05, 0) is 44.1 Å². The summed E-state index contributed by atoms with van der Waals surface area (Å²) >= 11 is 0. The number of dihydropyridines is 1. The van der Waals surface area contributed by atoms with Crippen LogP contribution in [0.4, 0.5) is 4.39 Å². The molecule has 166 valence electrons. The molecule has 0 radical (unpaired) electrons. The Morgan fingerprint density at radius 1 is 1.42 bits per heavy atom. The van der Waals surface area contributed by atoms with Gasteiger partial charge in [-0.15, -0.1) is 0 Å². The Labute approximate surface area is 182 Å². The number of rotatable bonds is 8. The Hall–Kier alpha value is -2.80. The van der Waals surface area contributed by atoms with Gasteiger partial charge in [-0.3, -0.25) is 4.99 Å². The monoisotopic (exact) mass is 427 g/mol. The molecule has 1 aliphatic heterocycles. The summed E-state index contributed by atoms with van der Waals surface area (Å²) in [5.41, 5.74) is 9.06. The molecule has 0 spiro atoms. The number of aromatic amines is 1. The van der Waals surface area contributed by atoms with Crippen LogP contribution in [0.2, 0.25) is 0 Å². The second-order valence-electron chi connectivity index (χ2n) is 8.38. The molecule has 0 saturated heterocycles. The highest BCUT2D eigenvalue weighted by molar-refractivity contribution is 5.74. The number of ether oxygens (including phenoxy) is 3. The quantitative estimate of drug-likeness (QED) is 0.586. The smallest absolute Gasteiger partial charge is 0.167 e. The SMILES string of the molecule is CC/C(OC)=C(\C=C1/CC(OC2C=Cc3[nH]c(C)cc3C2F)=CC=N1)OCC1(N)CC1. The molecule has 7 heteroatoms. The highest BCUT2D eigenvalue weighted by Crippen LogP contribution is 2.36. The highest BCUT2D eigenvalue weighted by atomic mass is 19.1. The average Bonchev–Trinajstić information content (AvgIpc) is 3.36. The number of nitrogens with one attached hydrogen (secondary N) is 1. The van der Waals surface area contributed by atoms with E-state index in [1.807, 2.05) is 32.1 Å². The van der Waals surface area contributed by atoms with E-state index in [2.05, 4.69) is 9.98 Å². The van der Waals surface area contributed by atoms with E-state index >= 15 is 4.39 Å². The Morgan fingerprint density at radius 2 is 2.23 bits per heavy atom. The zero-order valence-electron chi connectivity index (χ0n) is 18.3. The van der Waals surface area contributed by atoms with Gasteiger partial charge >= 0.3 is 0 Å². The largest absolute Gasteiger partial charge is 0.497 e. The standard InChI is InChI=1S/C24H30FN3O3/c1-4-20(29-3)22(30-14-24(26)8-9-24)13-16-12-17(7-10-27-16)31-21-6-5-19-18(23(21)25)11-15(2)28-19/h5-7,10-11,13,21,23,28H,4,8-9,12,14,26H2,1-3H3/b16-13+,22-20-. The number of alkyl halides is 1. The van der Waals surface area contributed by atoms with Crippen LogP contribution in [-0.2, 0) is 14.2 Å². The van der Waals surface area contributed by atoms with Gasteiger partial charge in [0.05, 0.1) is 18.3 Å². The maximum absolute atomic E-state index is 15.0. The van der Waals surface area contributed by atoms with Crippen LogP contribution < -0.4 is 5.73 Å². The number of allylic oxidation sites excluding steroid dienone is 3. The molecule has 3 N–H and O–H groups in total. The lowest BCUT2D eigenvalue weighted by Gasteiger charge is -2.25. The number of hydrogen-bond acceptors (Lipinski definition) is 5. The fraction of sp³-hybridized carbons (Fsp3) is 0.458. The van der Waals surface area contributed by atoms with Gasteiger partial charge in [0.1, 0.15) is 18.1 Å². The summed E-state index contributed by atoms with van der Waals surface area (Å²) in [5, 5.41) is 0. The van der Waals surface area contributed by atoms with Crippen molar-refractivity contribution in [1.29, 1.82) is 0 Å². The van der Waals surface area contributed by atoms with Crippen molar-refractivity contribution in [2.75, 3.05) is 13.7 Å². The van der Waals surface area contributed by atoms with Gasteiger partial charge in [-0.25, -0.2) is 4.39 Å². The molecule has 1 aromatic rings. The lowest BCUT2D eigenvalue weighted by Crippen LogP contribution is -2.28. The van der Waals surface area contributed by atoms with Crippen molar-refractivity contribution in [3.8, 4) is 0 Å². The van der Waals surface area contributed by atoms with E-state index in [9.17, 15) is 0 Å². The minimum absolute atomic E-state index is 0.237. The van der Waals surface area contributed by atoms with Crippen molar-refractivity contribution in [3.05, 3.63) is 64.2 Å². The van der Waals surface area contributed by atoms with E-state index in [1.54, 1.807) is 25.5 Å². The van der Waals surface area contributed by atoms with E-state index in [-0.39, 0.29) is 5.54 Å². The molecule has 2 unspecified atom stereocenters. The van der Waals surface area contributed by atoms with Crippen LogP contribution >= 0.6 is 0 Å². The number of nitrogens with two attached hydrogens (primary N) is 1. The van der Waals surface area contributed by atoms with Crippen LogP contribution in [0.3, 0.4) is 0 Å². The molecule has 0 aromatic carbocycles. The maximum atomic E-state index is 15.0. The second kappa shape index (κ2) is 8.75. The Morgan fingerprint density at radius 3 is 2.94 bits per heavy atom. The van der Waals surface area contributed by atoms with Gasteiger partial charge in [-0.1, -0.05) is 6.92 Å². The molecule has 1 aromatic heterocycles. The van der Waals surface area contributed by atoms with Crippen LogP contribution in [-0.4, -0.2) is 36.6 Å². The first-order chi connectivity index (χ1) is 14.9. The number of hydrogen-bond donors (Lipinski definition) is 2. The minimum atomic E-state index is -1.23. The zero-order chi connectivity index (χ0) is 22.0. The molecule has 1 saturated carbocycles.